The van der Waals surface area contributed by atoms with Gasteiger partial charge in [-0.05, 0) is 50.4 Å². The number of hydrogen-bond donors (Lipinski definition) is 3. The van der Waals surface area contributed by atoms with Crippen molar-refractivity contribution in [2.75, 3.05) is 13.2 Å². The molecule has 2 aliphatic rings. The van der Waals surface area contributed by atoms with Crippen LogP contribution in [0.25, 0.3) is 0 Å². The van der Waals surface area contributed by atoms with Crippen LogP contribution in [0.1, 0.15) is 58.8 Å². The lowest BCUT2D eigenvalue weighted by molar-refractivity contribution is 0.113. The molecule has 19 heavy (non-hydrogen) atoms. The summed E-state index contributed by atoms with van der Waals surface area (Å²) in [5, 5.41) is 15.5. The van der Waals surface area contributed by atoms with Crippen LogP contribution in [0, 0.1) is 11.3 Å². The summed E-state index contributed by atoms with van der Waals surface area (Å²) in [5.41, 5.74) is -0.0943. The monoisotopic (exact) mass is 268 g/mol. The molecule has 2 saturated carbocycles. The number of urea groups is 1. The summed E-state index contributed by atoms with van der Waals surface area (Å²) in [7, 11) is 0. The predicted octanol–water partition coefficient (Wildman–Crippen LogP) is 2.42. The van der Waals surface area contributed by atoms with Crippen LogP contribution in [0.3, 0.4) is 0 Å². The van der Waals surface area contributed by atoms with E-state index in [2.05, 4.69) is 17.6 Å². The summed E-state index contributed by atoms with van der Waals surface area (Å²) >= 11 is 0. The van der Waals surface area contributed by atoms with E-state index in [1.54, 1.807) is 0 Å². The third-order valence-corrected chi connectivity index (χ3v) is 5.02. The number of amides is 2. The number of nitrogens with one attached hydrogen (secondary N) is 2. The Morgan fingerprint density at radius 2 is 2.11 bits per heavy atom. The zero-order valence-corrected chi connectivity index (χ0v) is 12.3. The highest BCUT2D eigenvalue weighted by Crippen LogP contribution is 2.44. The first-order valence-electron chi connectivity index (χ1n) is 7.70. The van der Waals surface area contributed by atoms with Crippen LogP contribution in [0.15, 0.2) is 0 Å². The van der Waals surface area contributed by atoms with Gasteiger partial charge in [-0.1, -0.05) is 19.8 Å². The highest BCUT2D eigenvalue weighted by atomic mass is 16.3. The molecule has 2 rings (SSSR count). The van der Waals surface area contributed by atoms with Crippen molar-refractivity contribution >= 4 is 6.03 Å². The van der Waals surface area contributed by atoms with Crippen LogP contribution in [0.5, 0.6) is 0 Å². The van der Waals surface area contributed by atoms with Gasteiger partial charge in [0.15, 0.2) is 0 Å². The third-order valence-electron chi connectivity index (χ3n) is 5.02. The maximum Gasteiger partial charge on any atom is 0.315 e. The molecule has 0 saturated heterocycles. The minimum atomic E-state index is -0.443. The van der Waals surface area contributed by atoms with Crippen molar-refractivity contribution in [2.24, 2.45) is 11.3 Å². The van der Waals surface area contributed by atoms with Gasteiger partial charge < -0.3 is 15.7 Å². The first-order valence-corrected chi connectivity index (χ1v) is 7.70. The second kappa shape index (κ2) is 5.70. The van der Waals surface area contributed by atoms with E-state index in [1.165, 1.54) is 32.1 Å². The van der Waals surface area contributed by atoms with E-state index in [0.29, 0.717) is 11.3 Å². The molecule has 0 bridgehead atoms. The number of carbonyl (C=O) groups excluding carboxylic acids is 1. The van der Waals surface area contributed by atoms with Crippen molar-refractivity contribution in [1.29, 1.82) is 0 Å². The van der Waals surface area contributed by atoms with E-state index in [4.69, 9.17) is 0 Å². The fraction of sp³-hybridized carbons (Fsp3) is 0.933. The summed E-state index contributed by atoms with van der Waals surface area (Å²) in [6.45, 7) is 4.94. The fourth-order valence-corrected chi connectivity index (χ4v) is 3.28. The molecule has 0 aromatic heterocycles. The normalized spacial score (nSPS) is 24.2. The Morgan fingerprint density at radius 3 is 2.53 bits per heavy atom. The van der Waals surface area contributed by atoms with E-state index in [1.807, 2.05) is 6.92 Å². The van der Waals surface area contributed by atoms with Crippen molar-refractivity contribution < 1.29 is 9.90 Å². The summed E-state index contributed by atoms with van der Waals surface area (Å²) in [6, 6.07) is -0.120. The zero-order chi connectivity index (χ0) is 13.9. The van der Waals surface area contributed by atoms with Crippen molar-refractivity contribution in [3.05, 3.63) is 0 Å². The van der Waals surface area contributed by atoms with Gasteiger partial charge in [0.25, 0.3) is 0 Å². The van der Waals surface area contributed by atoms with E-state index in [0.717, 1.165) is 19.4 Å². The lowest BCUT2D eigenvalue weighted by Crippen LogP contribution is -2.55. The van der Waals surface area contributed by atoms with Crippen molar-refractivity contribution in [2.45, 2.75) is 64.3 Å². The lowest BCUT2D eigenvalue weighted by Gasteiger charge is -2.42. The summed E-state index contributed by atoms with van der Waals surface area (Å²) in [6.07, 6.45) is 8.36. The first kappa shape index (κ1) is 14.6. The van der Waals surface area contributed by atoms with Gasteiger partial charge in [0.1, 0.15) is 0 Å². The Morgan fingerprint density at radius 1 is 1.42 bits per heavy atom. The van der Waals surface area contributed by atoms with Gasteiger partial charge in [-0.15, -0.1) is 0 Å². The van der Waals surface area contributed by atoms with Crippen LogP contribution in [-0.4, -0.2) is 29.8 Å². The Kier molecular flexibility index (Phi) is 4.39. The van der Waals surface area contributed by atoms with Gasteiger partial charge in [-0.3, -0.25) is 0 Å². The summed E-state index contributed by atoms with van der Waals surface area (Å²) < 4.78 is 0. The standard InChI is InChI=1S/C15H28N2O2/c1-3-7-15(8-4-9-15)10-16-13(19)17-14(2,11-18)12-5-6-12/h12,18H,3-11H2,1-2H3,(H2,16,17,19). The smallest absolute Gasteiger partial charge is 0.315 e. The molecule has 0 radical (unpaired) electrons. The van der Waals surface area contributed by atoms with Crippen molar-refractivity contribution in [3.8, 4) is 0 Å². The predicted molar refractivity (Wildman–Crippen MR) is 75.9 cm³/mol. The van der Waals surface area contributed by atoms with E-state index in [-0.39, 0.29) is 12.6 Å². The highest BCUT2D eigenvalue weighted by Gasteiger charge is 2.42. The van der Waals surface area contributed by atoms with E-state index in [9.17, 15) is 9.90 Å². The fourth-order valence-electron chi connectivity index (χ4n) is 3.28. The molecule has 0 aromatic carbocycles. The quantitative estimate of drug-likeness (QED) is 0.664. The average molecular weight is 268 g/mol. The maximum atomic E-state index is 12.0. The molecule has 0 heterocycles. The Hall–Kier alpha value is -0.770. The first-order chi connectivity index (χ1) is 9.03. The second-order valence-electron chi connectivity index (χ2n) is 6.76. The molecule has 1 atom stereocenters. The van der Waals surface area contributed by atoms with Crippen LogP contribution in [0.2, 0.25) is 0 Å². The van der Waals surface area contributed by atoms with E-state index >= 15 is 0 Å². The molecule has 0 aliphatic heterocycles. The molecule has 3 N–H and O–H groups in total. The van der Waals surface area contributed by atoms with Gasteiger partial charge in [-0.25, -0.2) is 4.79 Å². The molecule has 4 heteroatoms. The number of aliphatic hydroxyl groups is 1. The molecule has 110 valence electrons. The van der Waals surface area contributed by atoms with Crippen LogP contribution >= 0.6 is 0 Å². The molecular formula is C15H28N2O2. The molecule has 2 aliphatic carbocycles. The highest BCUT2D eigenvalue weighted by molar-refractivity contribution is 5.75. The number of carbonyl (C=O) groups is 1. The third kappa shape index (κ3) is 3.41. The molecule has 0 spiro atoms. The van der Waals surface area contributed by atoms with Gasteiger partial charge in [0, 0.05) is 6.54 Å². The number of rotatable bonds is 7. The Bertz CT molecular complexity index is 324. The van der Waals surface area contributed by atoms with E-state index < -0.39 is 5.54 Å². The van der Waals surface area contributed by atoms with Crippen molar-refractivity contribution in [1.82, 2.24) is 10.6 Å². The number of aliphatic hydroxyl groups excluding tert-OH is 1. The zero-order valence-electron chi connectivity index (χ0n) is 12.3. The number of hydrogen-bond acceptors (Lipinski definition) is 2. The topological polar surface area (TPSA) is 61.4 Å². The minimum Gasteiger partial charge on any atom is -0.394 e. The minimum absolute atomic E-state index is 0.0190. The molecular weight excluding hydrogens is 240 g/mol. The molecule has 2 amide bonds. The van der Waals surface area contributed by atoms with Crippen LogP contribution in [0.4, 0.5) is 4.79 Å². The van der Waals surface area contributed by atoms with Gasteiger partial charge >= 0.3 is 6.03 Å². The lowest BCUT2D eigenvalue weighted by atomic mass is 9.66. The maximum absolute atomic E-state index is 12.0. The largest absolute Gasteiger partial charge is 0.394 e. The van der Waals surface area contributed by atoms with Crippen LogP contribution < -0.4 is 10.6 Å². The molecule has 0 aromatic rings. The van der Waals surface area contributed by atoms with Crippen molar-refractivity contribution in [3.63, 3.8) is 0 Å². The van der Waals surface area contributed by atoms with Crippen LogP contribution in [-0.2, 0) is 0 Å². The van der Waals surface area contributed by atoms with Gasteiger partial charge in [0.05, 0.1) is 12.1 Å². The second-order valence-corrected chi connectivity index (χ2v) is 6.76. The molecule has 4 nitrogen and oxygen atoms in total. The summed E-state index contributed by atoms with van der Waals surface area (Å²) in [4.78, 5) is 12.0. The van der Waals surface area contributed by atoms with Gasteiger partial charge in [-0.2, -0.15) is 0 Å². The van der Waals surface area contributed by atoms with Gasteiger partial charge in [0.2, 0.25) is 0 Å². The Labute approximate surface area is 116 Å². The molecule has 1 unspecified atom stereocenters. The average Bonchev–Trinajstić information content (AvgIpc) is 3.16. The summed E-state index contributed by atoms with van der Waals surface area (Å²) in [5.74, 6) is 0.441. The SMILES string of the molecule is CCCC1(CNC(=O)NC(C)(CO)C2CC2)CCC1. The molecule has 2 fully saturated rings. The Balaban J connectivity index is 1.77.